The highest BCUT2D eigenvalue weighted by atomic mass is 16.5. The molecule has 0 aliphatic carbocycles. The zero-order valence-electron chi connectivity index (χ0n) is 15.5. The molecule has 2 N–H and O–H groups in total. The van der Waals surface area contributed by atoms with E-state index in [0.29, 0.717) is 11.3 Å². The lowest BCUT2D eigenvalue weighted by Gasteiger charge is -2.05. The molecule has 0 aliphatic heterocycles. The highest BCUT2D eigenvalue weighted by molar-refractivity contribution is 5.95. The van der Waals surface area contributed by atoms with E-state index in [2.05, 4.69) is 13.8 Å². The molecule has 0 aliphatic rings. The number of carbonyl (C=O) groups excluding carboxylic acids is 2. The van der Waals surface area contributed by atoms with Gasteiger partial charge in [0.25, 0.3) is 5.91 Å². The first-order chi connectivity index (χ1) is 13.3. The Morgan fingerprint density at radius 2 is 1.79 bits per heavy atom. The van der Waals surface area contributed by atoms with Crippen LogP contribution in [0, 0.1) is 0 Å². The van der Waals surface area contributed by atoms with Crippen LogP contribution in [0.4, 0.5) is 0 Å². The first kappa shape index (κ1) is 19.1. The second kappa shape index (κ2) is 7.92. The zero-order valence-corrected chi connectivity index (χ0v) is 15.5. The maximum Gasteiger partial charge on any atom is 0.349 e. The van der Waals surface area contributed by atoms with Crippen molar-refractivity contribution in [3.8, 4) is 5.75 Å². The van der Waals surface area contributed by atoms with Crippen LogP contribution in [0.1, 0.15) is 41.3 Å². The van der Waals surface area contributed by atoms with Gasteiger partial charge in [-0.2, -0.15) is 0 Å². The average Bonchev–Trinajstić information content (AvgIpc) is 2.65. The quantitative estimate of drug-likeness (QED) is 0.317. The van der Waals surface area contributed by atoms with Crippen molar-refractivity contribution in [3.63, 3.8) is 0 Å². The van der Waals surface area contributed by atoms with Gasteiger partial charge in [0.05, 0.1) is 0 Å². The van der Waals surface area contributed by atoms with Crippen LogP contribution < -0.4 is 16.1 Å². The van der Waals surface area contributed by atoms with Crippen molar-refractivity contribution in [2.75, 3.05) is 0 Å². The summed E-state index contributed by atoms with van der Waals surface area (Å²) in [6.07, 6.45) is 2.98. The summed E-state index contributed by atoms with van der Waals surface area (Å²) in [7, 11) is 0. The molecule has 1 heterocycles. The van der Waals surface area contributed by atoms with E-state index in [0.717, 1.165) is 5.56 Å². The van der Waals surface area contributed by atoms with E-state index >= 15 is 0 Å². The molecule has 0 spiro atoms. The summed E-state index contributed by atoms with van der Waals surface area (Å²) in [6, 6.07) is 13.8. The second-order valence-electron chi connectivity index (χ2n) is 6.59. The Morgan fingerprint density at radius 3 is 2.43 bits per heavy atom. The molecule has 0 bridgehead atoms. The van der Waals surface area contributed by atoms with E-state index in [-0.39, 0.29) is 16.9 Å². The Balaban J connectivity index is 1.74. The molecule has 1 aromatic heterocycles. The highest BCUT2D eigenvalue weighted by Crippen LogP contribution is 2.21. The molecule has 142 valence electrons. The Hall–Kier alpha value is -3.67. The van der Waals surface area contributed by atoms with E-state index in [1.54, 1.807) is 12.1 Å². The minimum Gasteiger partial charge on any atom is -0.423 e. The minimum atomic E-state index is -0.863. The van der Waals surface area contributed by atoms with Crippen molar-refractivity contribution in [3.05, 3.63) is 81.7 Å². The van der Waals surface area contributed by atoms with E-state index in [1.165, 1.54) is 29.8 Å². The van der Waals surface area contributed by atoms with E-state index < -0.39 is 17.5 Å². The molecule has 6 heteroatoms. The van der Waals surface area contributed by atoms with Crippen molar-refractivity contribution in [2.45, 2.75) is 19.8 Å². The normalized spacial score (nSPS) is 11.2. The third-order valence-corrected chi connectivity index (χ3v) is 4.21. The predicted molar refractivity (Wildman–Crippen MR) is 106 cm³/mol. The van der Waals surface area contributed by atoms with Crippen LogP contribution in [0.15, 0.2) is 63.8 Å². The summed E-state index contributed by atoms with van der Waals surface area (Å²) >= 11 is 0. The molecular formula is C22H19NO5. The number of hydrogen-bond acceptors (Lipinski definition) is 5. The number of rotatable bonds is 5. The van der Waals surface area contributed by atoms with Crippen LogP contribution >= 0.6 is 0 Å². The molecule has 0 radical (unpaired) electrons. The van der Waals surface area contributed by atoms with Crippen molar-refractivity contribution >= 4 is 28.9 Å². The van der Waals surface area contributed by atoms with Crippen LogP contribution in [0.5, 0.6) is 5.75 Å². The fraction of sp³-hybridized carbons (Fsp3) is 0.136. The fourth-order valence-corrected chi connectivity index (χ4v) is 2.63. The standard InChI is InChI=1S/C22H19NO5/c1-13(2)15-6-3-14(4-7-15)5-10-20(24)27-17-9-8-16-11-18(21(23)25)22(26)28-19(16)12-17/h3-13H,1-2H3,(H2,23,25)/b10-5+. The molecule has 0 fully saturated rings. The number of benzene rings is 2. The van der Waals surface area contributed by atoms with Crippen LogP contribution in [0.2, 0.25) is 0 Å². The van der Waals surface area contributed by atoms with Crippen molar-refractivity contribution in [1.82, 2.24) is 0 Å². The molecule has 1 amide bonds. The van der Waals surface area contributed by atoms with Gasteiger partial charge in [-0.3, -0.25) is 4.79 Å². The summed E-state index contributed by atoms with van der Waals surface area (Å²) in [6.45, 7) is 4.23. The molecule has 0 unspecified atom stereocenters. The Morgan fingerprint density at radius 1 is 1.07 bits per heavy atom. The largest absolute Gasteiger partial charge is 0.423 e. The molecule has 0 saturated carbocycles. The summed E-state index contributed by atoms with van der Waals surface area (Å²) in [4.78, 5) is 35.0. The second-order valence-corrected chi connectivity index (χ2v) is 6.59. The maximum atomic E-state index is 12.0. The van der Waals surface area contributed by atoms with Gasteiger partial charge in [0.1, 0.15) is 16.9 Å². The topological polar surface area (TPSA) is 99.6 Å². The Kier molecular flexibility index (Phi) is 5.40. The van der Waals surface area contributed by atoms with Crippen molar-refractivity contribution in [2.24, 2.45) is 5.73 Å². The van der Waals surface area contributed by atoms with Crippen LogP contribution in [0.25, 0.3) is 17.0 Å². The van der Waals surface area contributed by atoms with Gasteiger partial charge in [-0.25, -0.2) is 9.59 Å². The van der Waals surface area contributed by atoms with E-state index in [4.69, 9.17) is 14.9 Å². The smallest absolute Gasteiger partial charge is 0.349 e. The molecule has 0 atom stereocenters. The van der Waals surface area contributed by atoms with Gasteiger partial charge in [-0.1, -0.05) is 38.1 Å². The van der Waals surface area contributed by atoms with Gasteiger partial charge in [-0.05, 0) is 41.3 Å². The number of fused-ring (bicyclic) bond motifs is 1. The lowest BCUT2D eigenvalue weighted by atomic mass is 10.0. The SMILES string of the molecule is CC(C)c1ccc(/C=C/C(=O)Oc2ccc3cc(C(N)=O)c(=O)oc3c2)cc1. The highest BCUT2D eigenvalue weighted by Gasteiger charge is 2.11. The van der Waals surface area contributed by atoms with Gasteiger partial charge in [0.15, 0.2) is 0 Å². The summed E-state index contributed by atoms with van der Waals surface area (Å²) in [5.41, 5.74) is 6.34. The summed E-state index contributed by atoms with van der Waals surface area (Å²) < 4.78 is 10.3. The number of esters is 1. The van der Waals surface area contributed by atoms with E-state index in [9.17, 15) is 14.4 Å². The number of primary amides is 1. The number of hydrogen-bond donors (Lipinski definition) is 1. The zero-order chi connectivity index (χ0) is 20.3. The molecule has 2 aromatic carbocycles. The lowest BCUT2D eigenvalue weighted by Crippen LogP contribution is -2.20. The maximum absolute atomic E-state index is 12.0. The summed E-state index contributed by atoms with van der Waals surface area (Å²) in [5.74, 6) is -0.775. The molecule has 6 nitrogen and oxygen atoms in total. The van der Waals surface area contributed by atoms with Crippen LogP contribution in [-0.4, -0.2) is 11.9 Å². The third kappa shape index (κ3) is 4.35. The Labute approximate surface area is 161 Å². The Bertz CT molecular complexity index is 1120. The summed E-state index contributed by atoms with van der Waals surface area (Å²) in [5, 5.41) is 0.494. The van der Waals surface area contributed by atoms with Gasteiger partial charge in [0.2, 0.25) is 0 Å². The minimum absolute atomic E-state index is 0.188. The molecule has 3 rings (SSSR count). The van der Waals surface area contributed by atoms with Gasteiger partial charge < -0.3 is 14.9 Å². The van der Waals surface area contributed by atoms with Crippen LogP contribution in [0.3, 0.4) is 0 Å². The van der Waals surface area contributed by atoms with Gasteiger partial charge >= 0.3 is 11.6 Å². The first-order valence-electron chi connectivity index (χ1n) is 8.71. The predicted octanol–water partition coefficient (Wildman–Crippen LogP) is 3.63. The lowest BCUT2D eigenvalue weighted by molar-refractivity contribution is -0.128. The molecule has 28 heavy (non-hydrogen) atoms. The van der Waals surface area contributed by atoms with Crippen molar-refractivity contribution in [1.29, 1.82) is 0 Å². The van der Waals surface area contributed by atoms with Gasteiger partial charge in [-0.15, -0.1) is 0 Å². The van der Waals surface area contributed by atoms with Gasteiger partial charge in [0, 0.05) is 17.5 Å². The first-order valence-corrected chi connectivity index (χ1v) is 8.71. The average molecular weight is 377 g/mol. The third-order valence-electron chi connectivity index (χ3n) is 4.21. The molecule has 3 aromatic rings. The van der Waals surface area contributed by atoms with Crippen molar-refractivity contribution < 1.29 is 18.7 Å². The number of ether oxygens (including phenoxy) is 1. The number of carbonyl (C=O) groups is 2. The van der Waals surface area contributed by atoms with Crippen LogP contribution in [-0.2, 0) is 4.79 Å². The monoisotopic (exact) mass is 377 g/mol. The van der Waals surface area contributed by atoms with E-state index in [1.807, 2.05) is 24.3 Å². The number of amides is 1. The molecular weight excluding hydrogens is 358 g/mol. The fourth-order valence-electron chi connectivity index (χ4n) is 2.63. The molecule has 0 saturated heterocycles. The number of nitrogens with two attached hydrogens (primary N) is 1.